The lowest BCUT2D eigenvalue weighted by molar-refractivity contribution is -0.116. The summed E-state index contributed by atoms with van der Waals surface area (Å²) in [6.45, 7) is 1.04. The third-order valence-electron chi connectivity index (χ3n) is 3.45. The Morgan fingerprint density at radius 1 is 1.00 bits per heavy atom. The maximum Gasteiger partial charge on any atom is 0.224 e. The molecular weight excluding hydrogens is 304 g/mol. The summed E-state index contributed by atoms with van der Waals surface area (Å²) in [4.78, 5) is 11.9. The van der Waals surface area contributed by atoms with Crippen LogP contribution in [0.25, 0.3) is 0 Å². The molecule has 4 nitrogen and oxygen atoms in total. The molecule has 1 aliphatic rings. The van der Waals surface area contributed by atoms with Crippen LogP contribution in [0.4, 0.5) is 14.5 Å². The van der Waals surface area contributed by atoms with E-state index < -0.39 is 11.6 Å². The van der Waals surface area contributed by atoms with Crippen LogP contribution in [0.5, 0.6) is 11.5 Å². The number of carbonyl (C=O) groups excluding carboxylic acids is 1. The predicted molar refractivity (Wildman–Crippen MR) is 80.7 cm³/mol. The molecule has 0 saturated heterocycles. The van der Waals surface area contributed by atoms with Crippen LogP contribution in [0.15, 0.2) is 36.4 Å². The standard InChI is InChI=1S/C17H15F2NO3/c18-13-4-3-12(10-14(13)19)20-17(21)6-2-11-1-5-15-16(9-11)23-8-7-22-15/h1,3-5,9-10H,2,6-8H2,(H,20,21). The number of hydrogen-bond donors (Lipinski definition) is 1. The smallest absolute Gasteiger partial charge is 0.224 e. The minimum Gasteiger partial charge on any atom is -0.486 e. The zero-order valence-electron chi connectivity index (χ0n) is 12.3. The molecule has 0 atom stereocenters. The molecule has 1 aliphatic heterocycles. The van der Waals surface area contributed by atoms with Gasteiger partial charge in [0, 0.05) is 18.2 Å². The van der Waals surface area contributed by atoms with E-state index in [1.165, 1.54) is 6.07 Å². The van der Waals surface area contributed by atoms with Crippen molar-refractivity contribution in [2.75, 3.05) is 18.5 Å². The molecule has 0 aliphatic carbocycles. The van der Waals surface area contributed by atoms with Gasteiger partial charge in [-0.05, 0) is 36.2 Å². The average molecular weight is 319 g/mol. The predicted octanol–water partition coefficient (Wildman–Crippen LogP) is 3.31. The zero-order valence-corrected chi connectivity index (χ0v) is 12.3. The van der Waals surface area contributed by atoms with E-state index >= 15 is 0 Å². The molecule has 1 amide bonds. The minimum atomic E-state index is -0.991. The van der Waals surface area contributed by atoms with E-state index in [4.69, 9.17) is 9.47 Å². The Morgan fingerprint density at radius 3 is 2.57 bits per heavy atom. The van der Waals surface area contributed by atoms with Crippen molar-refractivity contribution in [1.29, 1.82) is 0 Å². The van der Waals surface area contributed by atoms with Crippen LogP contribution in [-0.2, 0) is 11.2 Å². The lowest BCUT2D eigenvalue weighted by Crippen LogP contribution is -2.16. The summed E-state index contributed by atoms with van der Waals surface area (Å²) < 4.78 is 36.8. The maximum atomic E-state index is 13.1. The number of fused-ring (bicyclic) bond motifs is 1. The molecule has 0 aromatic heterocycles. The Bertz CT molecular complexity index is 734. The highest BCUT2D eigenvalue weighted by atomic mass is 19.2. The van der Waals surface area contributed by atoms with Crippen LogP contribution in [0, 0.1) is 11.6 Å². The molecule has 1 heterocycles. The maximum absolute atomic E-state index is 13.1. The van der Waals surface area contributed by atoms with Crippen LogP contribution in [0.2, 0.25) is 0 Å². The summed E-state index contributed by atoms with van der Waals surface area (Å²) in [5, 5.41) is 2.54. The molecule has 6 heteroatoms. The van der Waals surface area contributed by atoms with Gasteiger partial charge in [0.25, 0.3) is 0 Å². The fraction of sp³-hybridized carbons (Fsp3) is 0.235. The molecule has 0 fully saturated rings. The van der Waals surface area contributed by atoms with Crippen LogP contribution in [0.1, 0.15) is 12.0 Å². The van der Waals surface area contributed by atoms with E-state index in [9.17, 15) is 13.6 Å². The van der Waals surface area contributed by atoms with Gasteiger partial charge >= 0.3 is 0 Å². The van der Waals surface area contributed by atoms with Crippen molar-refractivity contribution in [3.05, 3.63) is 53.6 Å². The Hall–Kier alpha value is -2.63. The molecule has 3 rings (SSSR count). The lowest BCUT2D eigenvalue weighted by Gasteiger charge is -2.18. The third-order valence-corrected chi connectivity index (χ3v) is 3.45. The van der Waals surface area contributed by atoms with Gasteiger partial charge in [0.05, 0.1) is 0 Å². The summed E-state index contributed by atoms with van der Waals surface area (Å²) in [5.74, 6) is -0.833. The minimum absolute atomic E-state index is 0.221. The Labute approximate surface area is 132 Å². The SMILES string of the molecule is O=C(CCc1ccc2c(c1)OCCO2)Nc1ccc(F)c(F)c1. The van der Waals surface area contributed by atoms with Gasteiger partial charge in [-0.25, -0.2) is 8.78 Å². The second kappa shape index (κ2) is 6.64. The molecule has 2 aromatic carbocycles. The van der Waals surface area contributed by atoms with Crippen molar-refractivity contribution in [2.45, 2.75) is 12.8 Å². The van der Waals surface area contributed by atoms with Gasteiger partial charge in [-0.1, -0.05) is 6.07 Å². The first-order chi connectivity index (χ1) is 11.1. The van der Waals surface area contributed by atoms with Crippen LogP contribution >= 0.6 is 0 Å². The fourth-order valence-electron chi connectivity index (χ4n) is 2.30. The topological polar surface area (TPSA) is 47.6 Å². The zero-order chi connectivity index (χ0) is 16.2. The van der Waals surface area contributed by atoms with Crippen molar-refractivity contribution in [3.8, 4) is 11.5 Å². The van der Waals surface area contributed by atoms with Gasteiger partial charge in [-0.2, -0.15) is 0 Å². The molecular formula is C17H15F2NO3. The second-order valence-corrected chi connectivity index (χ2v) is 5.16. The van der Waals surface area contributed by atoms with E-state index in [0.29, 0.717) is 31.1 Å². The van der Waals surface area contributed by atoms with Gasteiger partial charge in [0.1, 0.15) is 13.2 Å². The number of rotatable bonds is 4. The number of nitrogens with one attached hydrogen (secondary N) is 1. The average Bonchev–Trinajstić information content (AvgIpc) is 2.56. The number of halogens is 2. The highest BCUT2D eigenvalue weighted by Crippen LogP contribution is 2.31. The summed E-state index contributed by atoms with van der Waals surface area (Å²) in [6.07, 6.45) is 0.727. The van der Waals surface area contributed by atoms with Crippen LogP contribution in [-0.4, -0.2) is 19.1 Å². The number of anilines is 1. The van der Waals surface area contributed by atoms with E-state index in [2.05, 4.69) is 5.32 Å². The van der Waals surface area contributed by atoms with Crippen molar-refractivity contribution in [2.24, 2.45) is 0 Å². The Kier molecular flexibility index (Phi) is 4.41. The lowest BCUT2D eigenvalue weighted by atomic mass is 10.1. The molecule has 23 heavy (non-hydrogen) atoms. The molecule has 120 valence electrons. The fourth-order valence-corrected chi connectivity index (χ4v) is 2.30. The van der Waals surface area contributed by atoms with E-state index in [-0.39, 0.29) is 18.0 Å². The van der Waals surface area contributed by atoms with Crippen molar-refractivity contribution in [3.63, 3.8) is 0 Å². The van der Waals surface area contributed by atoms with Crippen molar-refractivity contribution >= 4 is 11.6 Å². The number of aryl methyl sites for hydroxylation is 1. The van der Waals surface area contributed by atoms with Crippen molar-refractivity contribution in [1.82, 2.24) is 0 Å². The normalized spacial score (nSPS) is 12.8. The molecule has 0 unspecified atom stereocenters. The number of carbonyl (C=O) groups is 1. The first-order valence-electron chi connectivity index (χ1n) is 7.25. The number of amides is 1. The van der Waals surface area contributed by atoms with Gasteiger partial charge in [0.2, 0.25) is 5.91 Å². The van der Waals surface area contributed by atoms with Gasteiger partial charge in [0.15, 0.2) is 23.1 Å². The number of hydrogen-bond acceptors (Lipinski definition) is 3. The highest BCUT2D eigenvalue weighted by Gasteiger charge is 2.12. The largest absolute Gasteiger partial charge is 0.486 e. The number of ether oxygens (including phenoxy) is 2. The first kappa shape index (κ1) is 15.3. The quantitative estimate of drug-likeness (QED) is 0.940. The summed E-state index contributed by atoms with van der Waals surface area (Å²) in [7, 11) is 0. The monoisotopic (exact) mass is 319 g/mol. The van der Waals surface area contributed by atoms with Gasteiger partial charge in [-0.15, -0.1) is 0 Å². The van der Waals surface area contributed by atoms with E-state index in [0.717, 1.165) is 17.7 Å². The first-order valence-corrected chi connectivity index (χ1v) is 7.25. The van der Waals surface area contributed by atoms with E-state index in [1.54, 1.807) is 0 Å². The summed E-state index contributed by atoms with van der Waals surface area (Å²) >= 11 is 0. The molecule has 0 radical (unpaired) electrons. The van der Waals surface area contributed by atoms with Gasteiger partial charge in [-0.3, -0.25) is 4.79 Å². The van der Waals surface area contributed by atoms with Crippen LogP contribution in [0.3, 0.4) is 0 Å². The Morgan fingerprint density at radius 2 is 1.78 bits per heavy atom. The third kappa shape index (κ3) is 3.77. The molecule has 0 saturated carbocycles. The van der Waals surface area contributed by atoms with Crippen molar-refractivity contribution < 1.29 is 23.0 Å². The molecule has 1 N–H and O–H groups in total. The Balaban J connectivity index is 1.57. The second-order valence-electron chi connectivity index (χ2n) is 5.16. The van der Waals surface area contributed by atoms with Gasteiger partial charge < -0.3 is 14.8 Å². The van der Waals surface area contributed by atoms with Crippen LogP contribution < -0.4 is 14.8 Å². The summed E-state index contributed by atoms with van der Waals surface area (Å²) in [5.41, 5.74) is 1.17. The molecule has 2 aromatic rings. The van der Waals surface area contributed by atoms with E-state index in [1.807, 2.05) is 18.2 Å². The molecule has 0 bridgehead atoms. The number of benzene rings is 2. The summed E-state index contributed by atoms with van der Waals surface area (Å²) in [6, 6.07) is 8.79. The highest BCUT2D eigenvalue weighted by molar-refractivity contribution is 5.90. The molecule has 0 spiro atoms.